The standard InChI is InChI=1S/C14H20ClNO/c1-10(16-12-5-3-2-4-6-12)13-9-11(15)7-8-14(13)17/h7-10,12,16-17H,2-6H2,1H3. The summed E-state index contributed by atoms with van der Waals surface area (Å²) in [6.45, 7) is 2.08. The summed E-state index contributed by atoms with van der Waals surface area (Å²) >= 11 is 5.96. The van der Waals surface area contributed by atoms with Crippen LogP contribution in [0.1, 0.15) is 50.6 Å². The van der Waals surface area contributed by atoms with E-state index in [1.165, 1.54) is 32.1 Å². The third-order valence-corrected chi connectivity index (χ3v) is 3.78. The van der Waals surface area contributed by atoms with Gasteiger partial charge in [0, 0.05) is 22.7 Å². The first-order chi connectivity index (χ1) is 8.16. The summed E-state index contributed by atoms with van der Waals surface area (Å²) in [4.78, 5) is 0. The van der Waals surface area contributed by atoms with Crippen molar-refractivity contribution >= 4 is 11.6 Å². The molecule has 1 aliphatic carbocycles. The number of hydrogen-bond acceptors (Lipinski definition) is 2. The van der Waals surface area contributed by atoms with Crippen molar-refractivity contribution in [3.05, 3.63) is 28.8 Å². The third kappa shape index (κ3) is 3.36. The van der Waals surface area contributed by atoms with E-state index in [1.54, 1.807) is 12.1 Å². The van der Waals surface area contributed by atoms with Gasteiger partial charge in [-0.1, -0.05) is 30.9 Å². The number of aromatic hydroxyl groups is 1. The van der Waals surface area contributed by atoms with E-state index in [0.29, 0.717) is 16.8 Å². The molecule has 1 aromatic carbocycles. The van der Waals surface area contributed by atoms with Gasteiger partial charge in [-0.2, -0.15) is 0 Å². The molecule has 0 heterocycles. The molecule has 2 N–H and O–H groups in total. The Kier molecular flexibility index (Phi) is 4.30. The minimum Gasteiger partial charge on any atom is -0.508 e. The van der Waals surface area contributed by atoms with Crippen molar-refractivity contribution in [2.45, 2.75) is 51.1 Å². The highest BCUT2D eigenvalue weighted by molar-refractivity contribution is 6.30. The Bertz CT molecular complexity index is 374. The van der Waals surface area contributed by atoms with Crippen LogP contribution in [-0.4, -0.2) is 11.1 Å². The SMILES string of the molecule is CC(NC1CCCCC1)c1cc(Cl)ccc1O. The van der Waals surface area contributed by atoms with Crippen LogP contribution in [0, 0.1) is 0 Å². The predicted molar refractivity (Wildman–Crippen MR) is 71.5 cm³/mol. The minimum atomic E-state index is 0.150. The Morgan fingerprint density at radius 2 is 2.00 bits per heavy atom. The van der Waals surface area contributed by atoms with Crippen LogP contribution in [0.15, 0.2) is 18.2 Å². The zero-order valence-electron chi connectivity index (χ0n) is 10.2. The summed E-state index contributed by atoms with van der Waals surface area (Å²) in [5, 5.41) is 14.1. The van der Waals surface area contributed by atoms with Gasteiger partial charge in [-0.05, 0) is 38.0 Å². The molecule has 0 amide bonds. The van der Waals surface area contributed by atoms with E-state index in [9.17, 15) is 5.11 Å². The molecule has 1 atom stereocenters. The Balaban J connectivity index is 2.02. The maximum atomic E-state index is 9.84. The summed E-state index contributed by atoms with van der Waals surface area (Å²) in [6, 6.07) is 5.95. The lowest BCUT2D eigenvalue weighted by Gasteiger charge is -2.27. The second-order valence-corrected chi connectivity index (χ2v) is 5.36. The van der Waals surface area contributed by atoms with E-state index in [4.69, 9.17) is 11.6 Å². The van der Waals surface area contributed by atoms with Crippen LogP contribution < -0.4 is 5.32 Å². The van der Waals surface area contributed by atoms with Crippen LogP contribution in [0.25, 0.3) is 0 Å². The van der Waals surface area contributed by atoms with Gasteiger partial charge >= 0.3 is 0 Å². The topological polar surface area (TPSA) is 32.3 Å². The summed E-state index contributed by atoms with van der Waals surface area (Å²) in [5.74, 6) is 0.324. The lowest BCUT2D eigenvalue weighted by molar-refractivity contribution is 0.342. The number of rotatable bonds is 3. The molecule has 3 heteroatoms. The largest absolute Gasteiger partial charge is 0.508 e. The minimum absolute atomic E-state index is 0.150. The monoisotopic (exact) mass is 253 g/mol. The lowest BCUT2D eigenvalue weighted by atomic mass is 9.94. The molecule has 1 unspecified atom stereocenters. The first-order valence-corrected chi connectivity index (χ1v) is 6.79. The van der Waals surface area contributed by atoms with Crippen molar-refractivity contribution in [3.8, 4) is 5.75 Å². The van der Waals surface area contributed by atoms with Gasteiger partial charge in [-0.25, -0.2) is 0 Å². The number of nitrogens with one attached hydrogen (secondary N) is 1. The number of halogens is 1. The molecule has 0 bridgehead atoms. The van der Waals surface area contributed by atoms with E-state index < -0.39 is 0 Å². The molecule has 1 fully saturated rings. The fraction of sp³-hybridized carbons (Fsp3) is 0.571. The summed E-state index contributed by atoms with van der Waals surface area (Å²) in [6.07, 6.45) is 6.46. The van der Waals surface area contributed by atoms with E-state index >= 15 is 0 Å². The summed E-state index contributed by atoms with van der Waals surface area (Å²) in [7, 11) is 0. The average Bonchev–Trinajstić information content (AvgIpc) is 2.33. The number of hydrogen-bond donors (Lipinski definition) is 2. The third-order valence-electron chi connectivity index (χ3n) is 3.55. The lowest BCUT2D eigenvalue weighted by Crippen LogP contribution is -2.33. The van der Waals surface area contributed by atoms with Crippen LogP contribution in [0.4, 0.5) is 0 Å². The van der Waals surface area contributed by atoms with Gasteiger partial charge in [0.2, 0.25) is 0 Å². The average molecular weight is 254 g/mol. The van der Waals surface area contributed by atoms with Gasteiger partial charge in [0.15, 0.2) is 0 Å². The molecule has 0 saturated heterocycles. The fourth-order valence-corrected chi connectivity index (χ4v) is 2.77. The highest BCUT2D eigenvalue weighted by Gasteiger charge is 2.18. The zero-order valence-corrected chi connectivity index (χ0v) is 11.0. The van der Waals surface area contributed by atoms with Crippen LogP contribution in [0.5, 0.6) is 5.75 Å². The molecule has 94 valence electrons. The van der Waals surface area contributed by atoms with Gasteiger partial charge in [0.05, 0.1) is 0 Å². The highest BCUT2D eigenvalue weighted by atomic mass is 35.5. The molecule has 0 spiro atoms. The molecule has 17 heavy (non-hydrogen) atoms. The van der Waals surface area contributed by atoms with Crippen LogP contribution in [-0.2, 0) is 0 Å². The van der Waals surface area contributed by atoms with E-state index in [1.807, 2.05) is 6.07 Å². The number of phenolic OH excluding ortho intramolecular Hbond substituents is 1. The van der Waals surface area contributed by atoms with Gasteiger partial charge < -0.3 is 10.4 Å². The molecule has 2 nitrogen and oxygen atoms in total. The number of benzene rings is 1. The van der Waals surface area contributed by atoms with Gasteiger partial charge in [0.1, 0.15) is 5.75 Å². The van der Waals surface area contributed by atoms with Gasteiger partial charge in [-0.15, -0.1) is 0 Å². The predicted octanol–water partition coefficient (Wildman–Crippen LogP) is 4.03. The van der Waals surface area contributed by atoms with Crippen LogP contribution in [0.3, 0.4) is 0 Å². The maximum absolute atomic E-state index is 9.84. The molecular formula is C14H20ClNO. The normalized spacial score (nSPS) is 19.2. The second-order valence-electron chi connectivity index (χ2n) is 4.93. The van der Waals surface area contributed by atoms with Crippen molar-refractivity contribution in [1.82, 2.24) is 5.32 Å². The quantitative estimate of drug-likeness (QED) is 0.853. The Morgan fingerprint density at radius 1 is 1.29 bits per heavy atom. The van der Waals surface area contributed by atoms with Crippen molar-refractivity contribution < 1.29 is 5.11 Å². The van der Waals surface area contributed by atoms with E-state index in [2.05, 4.69) is 12.2 Å². The summed E-state index contributed by atoms with van der Waals surface area (Å²) in [5.41, 5.74) is 0.892. The first kappa shape index (κ1) is 12.7. The first-order valence-electron chi connectivity index (χ1n) is 6.41. The maximum Gasteiger partial charge on any atom is 0.120 e. The van der Waals surface area contributed by atoms with Gasteiger partial charge in [0.25, 0.3) is 0 Å². The van der Waals surface area contributed by atoms with Crippen molar-refractivity contribution in [3.63, 3.8) is 0 Å². The molecule has 1 aliphatic rings. The smallest absolute Gasteiger partial charge is 0.120 e. The second kappa shape index (κ2) is 5.74. The Morgan fingerprint density at radius 3 is 2.71 bits per heavy atom. The molecule has 1 saturated carbocycles. The van der Waals surface area contributed by atoms with Crippen LogP contribution in [0.2, 0.25) is 5.02 Å². The summed E-state index contributed by atoms with van der Waals surface area (Å²) < 4.78 is 0. The molecule has 1 aromatic rings. The van der Waals surface area contributed by atoms with Crippen molar-refractivity contribution in [2.75, 3.05) is 0 Å². The fourth-order valence-electron chi connectivity index (χ4n) is 2.58. The number of phenols is 1. The molecule has 0 radical (unpaired) electrons. The zero-order chi connectivity index (χ0) is 12.3. The van der Waals surface area contributed by atoms with E-state index in [-0.39, 0.29) is 6.04 Å². The van der Waals surface area contributed by atoms with Gasteiger partial charge in [-0.3, -0.25) is 0 Å². The molecule has 0 aromatic heterocycles. The Labute approximate surface area is 108 Å². The highest BCUT2D eigenvalue weighted by Crippen LogP contribution is 2.29. The van der Waals surface area contributed by atoms with Crippen molar-refractivity contribution in [2.24, 2.45) is 0 Å². The van der Waals surface area contributed by atoms with E-state index in [0.717, 1.165) is 5.56 Å². The molecule has 2 rings (SSSR count). The van der Waals surface area contributed by atoms with Crippen LogP contribution >= 0.6 is 11.6 Å². The molecular weight excluding hydrogens is 234 g/mol. The Hall–Kier alpha value is -0.730. The van der Waals surface area contributed by atoms with Crippen molar-refractivity contribution in [1.29, 1.82) is 0 Å². The molecule has 0 aliphatic heterocycles.